The number of rotatable bonds is 4. The van der Waals surface area contributed by atoms with Gasteiger partial charge in [0.25, 0.3) is 5.91 Å². The van der Waals surface area contributed by atoms with Crippen LogP contribution in [0.5, 0.6) is 5.75 Å². The molecule has 0 atom stereocenters. The molecule has 0 spiro atoms. The second kappa shape index (κ2) is 7.44. The van der Waals surface area contributed by atoms with E-state index in [9.17, 15) is 4.79 Å². The van der Waals surface area contributed by atoms with Crippen molar-refractivity contribution in [3.8, 4) is 5.75 Å². The maximum atomic E-state index is 12.5. The second-order valence-corrected chi connectivity index (χ2v) is 7.48. The van der Waals surface area contributed by atoms with Crippen molar-refractivity contribution >= 4 is 22.4 Å². The van der Waals surface area contributed by atoms with E-state index in [4.69, 9.17) is 4.74 Å². The first-order valence-corrected chi connectivity index (χ1v) is 9.84. The van der Waals surface area contributed by atoms with Crippen molar-refractivity contribution in [2.75, 3.05) is 37.7 Å². The molecule has 1 aromatic carbocycles. The van der Waals surface area contributed by atoms with E-state index in [-0.39, 0.29) is 12.5 Å². The Bertz CT molecular complexity index is 732. The van der Waals surface area contributed by atoms with E-state index < -0.39 is 0 Å². The van der Waals surface area contributed by atoms with Gasteiger partial charge in [0.15, 0.2) is 11.7 Å². The Morgan fingerprint density at radius 1 is 1.12 bits per heavy atom. The van der Waals surface area contributed by atoms with Gasteiger partial charge in [-0.3, -0.25) is 4.79 Å². The molecule has 5 nitrogen and oxygen atoms in total. The highest BCUT2D eigenvalue weighted by Gasteiger charge is 2.21. The van der Waals surface area contributed by atoms with Crippen LogP contribution in [0.15, 0.2) is 29.8 Å². The van der Waals surface area contributed by atoms with Crippen LogP contribution in [0.3, 0.4) is 0 Å². The average Bonchev–Trinajstić information content (AvgIpc) is 3.27. The predicted molar refractivity (Wildman–Crippen MR) is 99.5 cm³/mol. The highest BCUT2D eigenvalue weighted by Crippen LogP contribution is 2.26. The molecule has 6 heteroatoms. The molecule has 2 heterocycles. The van der Waals surface area contributed by atoms with E-state index in [1.807, 2.05) is 22.5 Å². The fraction of sp³-hybridized carbons (Fsp3) is 0.474. The Kier molecular flexibility index (Phi) is 4.88. The SMILES string of the molecule is O=C(COc1ccc2c(c1)CCC2)N1CCCN(c2nccs2)CC1. The molecule has 1 saturated heterocycles. The lowest BCUT2D eigenvalue weighted by atomic mass is 10.1. The van der Waals surface area contributed by atoms with Crippen LogP contribution in [-0.4, -0.2) is 48.6 Å². The molecule has 0 N–H and O–H groups in total. The molecule has 1 aromatic heterocycles. The molecule has 1 aliphatic heterocycles. The van der Waals surface area contributed by atoms with Crippen molar-refractivity contribution in [1.29, 1.82) is 0 Å². The number of ether oxygens (including phenoxy) is 1. The van der Waals surface area contributed by atoms with Crippen LogP contribution < -0.4 is 9.64 Å². The van der Waals surface area contributed by atoms with Crippen molar-refractivity contribution in [1.82, 2.24) is 9.88 Å². The molecular formula is C19H23N3O2S. The first-order valence-electron chi connectivity index (χ1n) is 8.96. The van der Waals surface area contributed by atoms with Crippen LogP contribution in [0.25, 0.3) is 0 Å². The number of aryl methyl sites for hydroxylation is 2. The predicted octanol–water partition coefficient (Wildman–Crippen LogP) is 2.75. The number of aromatic nitrogens is 1. The van der Waals surface area contributed by atoms with Crippen molar-refractivity contribution in [3.63, 3.8) is 0 Å². The third kappa shape index (κ3) is 3.79. The maximum absolute atomic E-state index is 12.5. The van der Waals surface area contributed by atoms with E-state index in [0.29, 0.717) is 0 Å². The number of fused-ring (bicyclic) bond motifs is 1. The highest BCUT2D eigenvalue weighted by molar-refractivity contribution is 7.13. The van der Waals surface area contributed by atoms with Crippen molar-refractivity contribution in [3.05, 3.63) is 40.9 Å². The standard InChI is InChI=1S/C19H23N3O2S/c23-18(14-24-17-6-5-15-3-1-4-16(15)13-17)21-8-2-9-22(11-10-21)19-20-7-12-25-19/h5-7,12-13H,1-4,8-11,14H2. The quantitative estimate of drug-likeness (QED) is 0.844. The van der Waals surface area contributed by atoms with Gasteiger partial charge in [0.2, 0.25) is 0 Å². The number of carbonyl (C=O) groups excluding carboxylic acids is 1. The van der Waals surface area contributed by atoms with E-state index in [1.54, 1.807) is 11.3 Å². The summed E-state index contributed by atoms with van der Waals surface area (Å²) >= 11 is 1.65. The number of carbonyl (C=O) groups is 1. The first kappa shape index (κ1) is 16.4. The van der Waals surface area contributed by atoms with Crippen LogP contribution in [0.1, 0.15) is 24.0 Å². The topological polar surface area (TPSA) is 45.7 Å². The molecule has 0 saturated carbocycles. The van der Waals surface area contributed by atoms with Gasteiger partial charge in [0.05, 0.1) is 0 Å². The van der Waals surface area contributed by atoms with Gasteiger partial charge in [-0.2, -0.15) is 0 Å². The zero-order valence-corrected chi connectivity index (χ0v) is 15.1. The average molecular weight is 357 g/mol. The van der Waals surface area contributed by atoms with E-state index in [0.717, 1.165) is 56.3 Å². The number of nitrogens with zero attached hydrogens (tertiary/aromatic N) is 3. The third-order valence-corrected chi connectivity index (χ3v) is 5.80. The monoisotopic (exact) mass is 357 g/mol. The summed E-state index contributed by atoms with van der Waals surface area (Å²) in [7, 11) is 0. The molecule has 2 aromatic rings. The van der Waals surface area contributed by atoms with Crippen LogP contribution in [-0.2, 0) is 17.6 Å². The summed E-state index contributed by atoms with van der Waals surface area (Å²) in [4.78, 5) is 21.1. The van der Waals surface area contributed by atoms with Crippen molar-refractivity contribution < 1.29 is 9.53 Å². The molecule has 0 unspecified atom stereocenters. The summed E-state index contributed by atoms with van der Waals surface area (Å²) in [5.41, 5.74) is 2.80. The van der Waals surface area contributed by atoms with Gasteiger partial charge < -0.3 is 14.5 Å². The van der Waals surface area contributed by atoms with E-state index in [1.165, 1.54) is 17.5 Å². The largest absolute Gasteiger partial charge is 0.484 e. The number of hydrogen-bond acceptors (Lipinski definition) is 5. The normalized spacial score (nSPS) is 17.3. The fourth-order valence-electron chi connectivity index (χ4n) is 3.60. The number of amides is 1. The van der Waals surface area contributed by atoms with E-state index in [2.05, 4.69) is 22.0 Å². The molecule has 2 aliphatic rings. The van der Waals surface area contributed by atoms with Gasteiger partial charge >= 0.3 is 0 Å². The number of hydrogen-bond donors (Lipinski definition) is 0. The highest BCUT2D eigenvalue weighted by atomic mass is 32.1. The minimum absolute atomic E-state index is 0.0708. The lowest BCUT2D eigenvalue weighted by Gasteiger charge is -2.21. The molecule has 1 amide bonds. The summed E-state index contributed by atoms with van der Waals surface area (Å²) < 4.78 is 5.77. The Balaban J connectivity index is 1.30. The number of thiazole rings is 1. The van der Waals surface area contributed by atoms with Gasteiger partial charge in [0.1, 0.15) is 5.75 Å². The molecule has 132 valence electrons. The van der Waals surface area contributed by atoms with Crippen LogP contribution >= 0.6 is 11.3 Å². The molecule has 0 radical (unpaired) electrons. The Morgan fingerprint density at radius 2 is 2.04 bits per heavy atom. The lowest BCUT2D eigenvalue weighted by Crippen LogP contribution is -2.38. The summed E-state index contributed by atoms with van der Waals surface area (Å²) in [5, 5.41) is 3.04. The molecular weight excluding hydrogens is 334 g/mol. The number of anilines is 1. The van der Waals surface area contributed by atoms with Crippen LogP contribution in [0, 0.1) is 0 Å². The maximum Gasteiger partial charge on any atom is 0.260 e. The van der Waals surface area contributed by atoms with Crippen molar-refractivity contribution in [2.45, 2.75) is 25.7 Å². The molecule has 0 bridgehead atoms. The first-order chi connectivity index (χ1) is 12.3. The zero-order valence-electron chi connectivity index (χ0n) is 14.3. The molecule has 25 heavy (non-hydrogen) atoms. The van der Waals surface area contributed by atoms with E-state index >= 15 is 0 Å². The summed E-state index contributed by atoms with van der Waals surface area (Å²) in [6.45, 7) is 3.41. The van der Waals surface area contributed by atoms with Crippen LogP contribution in [0.4, 0.5) is 5.13 Å². The summed E-state index contributed by atoms with van der Waals surface area (Å²) in [6.07, 6.45) is 6.31. The Labute approximate surface area is 152 Å². The molecule has 4 rings (SSSR count). The van der Waals surface area contributed by atoms with Gasteiger partial charge in [-0.15, -0.1) is 11.3 Å². The number of benzene rings is 1. The van der Waals surface area contributed by atoms with Gasteiger partial charge in [0, 0.05) is 37.8 Å². The Hall–Kier alpha value is -2.08. The third-order valence-electron chi connectivity index (χ3n) is 4.97. The second-order valence-electron chi connectivity index (χ2n) is 6.61. The summed E-state index contributed by atoms with van der Waals surface area (Å²) in [5.74, 6) is 0.884. The van der Waals surface area contributed by atoms with Gasteiger partial charge in [-0.05, 0) is 48.9 Å². The van der Waals surface area contributed by atoms with Crippen molar-refractivity contribution in [2.24, 2.45) is 0 Å². The molecule has 1 fully saturated rings. The Morgan fingerprint density at radius 3 is 2.92 bits per heavy atom. The van der Waals surface area contributed by atoms with Crippen LogP contribution in [0.2, 0.25) is 0 Å². The zero-order chi connectivity index (χ0) is 17.1. The summed E-state index contributed by atoms with van der Waals surface area (Å²) in [6, 6.07) is 6.23. The molecule has 1 aliphatic carbocycles. The minimum atomic E-state index is 0.0708. The fourth-order valence-corrected chi connectivity index (χ4v) is 4.30. The minimum Gasteiger partial charge on any atom is -0.484 e. The smallest absolute Gasteiger partial charge is 0.260 e. The van der Waals surface area contributed by atoms with Gasteiger partial charge in [-0.25, -0.2) is 4.98 Å². The van der Waals surface area contributed by atoms with Gasteiger partial charge in [-0.1, -0.05) is 6.07 Å². The lowest BCUT2D eigenvalue weighted by molar-refractivity contribution is -0.133.